The van der Waals surface area contributed by atoms with E-state index in [4.69, 9.17) is 9.88 Å². The van der Waals surface area contributed by atoms with Gasteiger partial charge in [0.1, 0.15) is 0 Å². The molecule has 1 unspecified atom stereocenters. The lowest BCUT2D eigenvalue weighted by atomic mass is 10.0. The van der Waals surface area contributed by atoms with Crippen LogP contribution in [0.1, 0.15) is 13.8 Å². The van der Waals surface area contributed by atoms with Gasteiger partial charge in [0.2, 0.25) is 20.0 Å². The third-order valence-electron chi connectivity index (χ3n) is 4.21. The maximum atomic E-state index is 12.5. The molecule has 0 radical (unpaired) electrons. The van der Waals surface area contributed by atoms with E-state index < -0.39 is 20.0 Å². The first-order chi connectivity index (χ1) is 11.6. The monoisotopic (exact) mass is 391 g/mol. The number of sulfonamides is 2. The Morgan fingerprint density at radius 2 is 1.76 bits per heavy atom. The molecule has 0 amide bonds. The number of ether oxygens (including phenoxy) is 1. The molecule has 1 aromatic carbocycles. The van der Waals surface area contributed by atoms with E-state index >= 15 is 0 Å². The molecule has 1 atom stereocenters. The van der Waals surface area contributed by atoms with Gasteiger partial charge in [-0.3, -0.25) is 4.90 Å². The van der Waals surface area contributed by atoms with Gasteiger partial charge in [-0.25, -0.2) is 26.7 Å². The Morgan fingerprint density at radius 3 is 2.32 bits per heavy atom. The second kappa shape index (κ2) is 8.11. The lowest BCUT2D eigenvalue weighted by Gasteiger charge is -2.36. The van der Waals surface area contributed by atoms with Crippen LogP contribution in [0.15, 0.2) is 34.1 Å². The van der Waals surface area contributed by atoms with E-state index in [9.17, 15) is 16.8 Å². The van der Waals surface area contributed by atoms with Gasteiger partial charge in [-0.1, -0.05) is 19.9 Å². The average Bonchev–Trinajstić information content (AvgIpc) is 2.55. The molecule has 0 aromatic heterocycles. The van der Waals surface area contributed by atoms with Gasteiger partial charge >= 0.3 is 0 Å². The van der Waals surface area contributed by atoms with Gasteiger partial charge in [-0.15, -0.1) is 0 Å². The van der Waals surface area contributed by atoms with Crippen LogP contribution in [-0.2, 0) is 24.8 Å². The lowest BCUT2D eigenvalue weighted by Crippen LogP contribution is -2.51. The fourth-order valence-electron chi connectivity index (χ4n) is 2.79. The summed E-state index contributed by atoms with van der Waals surface area (Å²) in [6.07, 6.45) is 0. The van der Waals surface area contributed by atoms with Crippen molar-refractivity contribution in [3.05, 3.63) is 24.3 Å². The normalized spacial score (nSPS) is 18.4. The van der Waals surface area contributed by atoms with Crippen molar-refractivity contribution in [3.8, 4) is 0 Å². The van der Waals surface area contributed by atoms with Crippen molar-refractivity contribution in [2.45, 2.75) is 29.7 Å². The van der Waals surface area contributed by atoms with Crippen LogP contribution in [0.4, 0.5) is 0 Å². The summed E-state index contributed by atoms with van der Waals surface area (Å²) < 4.78 is 55.8. The molecule has 0 saturated carbocycles. The van der Waals surface area contributed by atoms with Crippen molar-refractivity contribution in [1.29, 1.82) is 0 Å². The summed E-state index contributed by atoms with van der Waals surface area (Å²) >= 11 is 0. The van der Waals surface area contributed by atoms with Gasteiger partial charge in [-0.05, 0) is 24.1 Å². The molecule has 1 fully saturated rings. The van der Waals surface area contributed by atoms with Crippen LogP contribution in [-0.4, -0.2) is 60.6 Å². The third-order valence-corrected chi connectivity index (χ3v) is 6.54. The summed E-state index contributed by atoms with van der Waals surface area (Å²) in [4.78, 5) is 1.85. The first-order valence-corrected chi connectivity index (χ1v) is 11.1. The summed E-state index contributed by atoms with van der Waals surface area (Å²) in [6, 6.07) is 5.06. The fourth-order valence-corrected chi connectivity index (χ4v) is 4.52. The van der Waals surface area contributed by atoms with Crippen molar-refractivity contribution in [2.75, 3.05) is 32.8 Å². The molecule has 1 aromatic rings. The molecule has 0 bridgehead atoms. The lowest BCUT2D eigenvalue weighted by molar-refractivity contribution is 0.00776. The highest BCUT2D eigenvalue weighted by Crippen LogP contribution is 2.16. The zero-order valence-electron chi connectivity index (χ0n) is 14.4. The summed E-state index contributed by atoms with van der Waals surface area (Å²) in [5.74, 6) is 0.247. The number of hydrogen-bond donors (Lipinski definition) is 2. The first-order valence-electron chi connectivity index (χ1n) is 8.05. The predicted octanol–water partition coefficient (Wildman–Crippen LogP) is -0.0309. The number of primary sulfonamides is 1. The SMILES string of the molecule is CC(C)C(CNS(=O)(=O)c1cccc(S(N)(=O)=O)c1)N1CCOCC1. The Kier molecular flexibility index (Phi) is 6.57. The topological polar surface area (TPSA) is 119 Å². The minimum atomic E-state index is -3.96. The van der Waals surface area contributed by atoms with Crippen molar-refractivity contribution in [1.82, 2.24) is 9.62 Å². The Hall–Kier alpha value is -1.04. The van der Waals surface area contributed by atoms with E-state index in [1.165, 1.54) is 18.2 Å². The Bertz CT molecular complexity index is 787. The molecule has 1 saturated heterocycles. The highest BCUT2D eigenvalue weighted by atomic mass is 32.2. The molecule has 1 aliphatic rings. The highest BCUT2D eigenvalue weighted by molar-refractivity contribution is 7.90. The highest BCUT2D eigenvalue weighted by Gasteiger charge is 2.26. The van der Waals surface area contributed by atoms with E-state index in [0.29, 0.717) is 13.2 Å². The van der Waals surface area contributed by atoms with Gasteiger partial charge in [0, 0.05) is 25.7 Å². The molecule has 10 heteroatoms. The van der Waals surface area contributed by atoms with Crippen LogP contribution in [0.25, 0.3) is 0 Å². The summed E-state index contributed by atoms with van der Waals surface area (Å²) in [5.41, 5.74) is 0. The molecule has 1 heterocycles. The van der Waals surface area contributed by atoms with Crippen LogP contribution < -0.4 is 9.86 Å². The quantitative estimate of drug-likeness (QED) is 0.674. The zero-order valence-corrected chi connectivity index (χ0v) is 16.0. The van der Waals surface area contributed by atoms with Gasteiger partial charge in [-0.2, -0.15) is 0 Å². The molecular weight excluding hydrogens is 366 g/mol. The van der Waals surface area contributed by atoms with Gasteiger partial charge in [0.05, 0.1) is 23.0 Å². The molecule has 0 aliphatic carbocycles. The van der Waals surface area contributed by atoms with Crippen LogP contribution >= 0.6 is 0 Å². The molecule has 2 rings (SSSR count). The first kappa shape index (κ1) is 20.3. The average molecular weight is 392 g/mol. The summed E-state index contributed by atoms with van der Waals surface area (Å²) in [7, 11) is -7.80. The molecular formula is C15H25N3O5S2. The Labute approximate surface area is 149 Å². The maximum Gasteiger partial charge on any atom is 0.240 e. The largest absolute Gasteiger partial charge is 0.379 e. The van der Waals surface area contributed by atoms with Gasteiger partial charge in [0.15, 0.2) is 0 Å². The predicted molar refractivity (Wildman–Crippen MR) is 94.0 cm³/mol. The molecule has 142 valence electrons. The Balaban J connectivity index is 2.14. The van der Waals surface area contributed by atoms with Crippen molar-refractivity contribution in [3.63, 3.8) is 0 Å². The fraction of sp³-hybridized carbons (Fsp3) is 0.600. The maximum absolute atomic E-state index is 12.5. The summed E-state index contributed by atoms with van der Waals surface area (Å²) in [5, 5.41) is 5.07. The number of hydrogen-bond acceptors (Lipinski definition) is 6. The summed E-state index contributed by atoms with van der Waals surface area (Å²) in [6.45, 7) is 7.08. The van der Waals surface area contributed by atoms with E-state index in [-0.39, 0.29) is 28.3 Å². The van der Waals surface area contributed by atoms with E-state index in [0.717, 1.165) is 19.2 Å². The number of rotatable bonds is 7. The van der Waals surface area contributed by atoms with Crippen molar-refractivity contribution >= 4 is 20.0 Å². The number of nitrogens with one attached hydrogen (secondary N) is 1. The molecule has 3 N–H and O–H groups in total. The standard InChI is InChI=1S/C15H25N3O5S2/c1-12(2)15(18-6-8-23-9-7-18)11-17-25(21,22)14-5-3-4-13(10-14)24(16,19)20/h3-5,10,12,15,17H,6-9,11H2,1-2H3,(H2,16,19,20). The molecule has 1 aliphatic heterocycles. The second-order valence-corrected chi connectivity index (χ2v) is 9.66. The van der Waals surface area contributed by atoms with Crippen LogP contribution in [0, 0.1) is 5.92 Å². The van der Waals surface area contributed by atoms with Crippen LogP contribution in [0.2, 0.25) is 0 Å². The molecule has 25 heavy (non-hydrogen) atoms. The smallest absolute Gasteiger partial charge is 0.240 e. The van der Waals surface area contributed by atoms with Gasteiger partial charge in [0.25, 0.3) is 0 Å². The number of nitrogens with two attached hydrogens (primary N) is 1. The van der Waals surface area contributed by atoms with Crippen molar-refractivity contribution < 1.29 is 21.6 Å². The molecule has 8 nitrogen and oxygen atoms in total. The second-order valence-electron chi connectivity index (χ2n) is 6.33. The van der Waals surface area contributed by atoms with E-state index in [1.807, 2.05) is 13.8 Å². The zero-order chi connectivity index (χ0) is 18.7. The van der Waals surface area contributed by atoms with E-state index in [1.54, 1.807) is 0 Å². The van der Waals surface area contributed by atoms with Gasteiger partial charge < -0.3 is 4.74 Å². The number of morpholine rings is 1. The van der Waals surface area contributed by atoms with E-state index in [2.05, 4.69) is 9.62 Å². The minimum absolute atomic E-state index is 0.0279. The minimum Gasteiger partial charge on any atom is -0.379 e. The molecule has 0 spiro atoms. The number of benzene rings is 1. The Morgan fingerprint density at radius 1 is 1.16 bits per heavy atom. The van der Waals surface area contributed by atoms with Crippen LogP contribution in [0.3, 0.4) is 0 Å². The van der Waals surface area contributed by atoms with Crippen molar-refractivity contribution in [2.24, 2.45) is 11.1 Å². The third kappa shape index (κ3) is 5.47. The van der Waals surface area contributed by atoms with Crippen LogP contribution in [0.5, 0.6) is 0 Å². The number of nitrogens with zero attached hydrogens (tertiary/aromatic N) is 1.